The Balaban J connectivity index is 1.79. The highest BCUT2D eigenvalue weighted by atomic mass is 16.7. The summed E-state index contributed by atoms with van der Waals surface area (Å²) >= 11 is 0. The van der Waals surface area contributed by atoms with Gasteiger partial charge in [-0.25, -0.2) is 24.0 Å². The molecule has 27 nitrogen and oxygen atoms in total. The molecule has 27 heteroatoms. The Hall–Kier alpha value is -6.26. The fourth-order valence-electron chi connectivity index (χ4n) is 8.63. The van der Waals surface area contributed by atoms with Crippen molar-refractivity contribution in [1.29, 1.82) is 0 Å². The van der Waals surface area contributed by atoms with E-state index < -0.39 is 149 Å². The third-order valence-corrected chi connectivity index (χ3v) is 11.7. The van der Waals surface area contributed by atoms with Crippen LogP contribution in [-0.2, 0) is 49.3 Å². The second kappa shape index (κ2) is 25.5. The lowest BCUT2D eigenvalue weighted by molar-refractivity contribution is -0.384. The van der Waals surface area contributed by atoms with Crippen LogP contribution in [-0.4, -0.2) is 182 Å². The summed E-state index contributed by atoms with van der Waals surface area (Å²) in [5.41, 5.74) is -5.60. The van der Waals surface area contributed by atoms with E-state index in [0.29, 0.717) is 5.56 Å². The zero-order valence-electron chi connectivity index (χ0n) is 46.2. The van der Waals surface area contributed by atoms with Crippen LogP contribution in [0, 0.1) is 16.0 Å². The number of alkyl carbamates (subject to hydrolysis) is 4. The fourth-order valence-corrected chi connectivity index (χ4v) is 8.63. The van der Waals surface area contributed by atoms with Gasteiger partial charge in [-0.05, 0) is 127 Å². The monoisotopic (exact) mass is 1100 g/mol. The molecule has 0 bridgehead atoms. The van der Waals surface area contributed by atoms with Crippen molar-refractivity contribution in [1.82, 2.24) is 31.5 Å². The number of nitro benzene ring substituents is 1. The molecule has 2 heterocycles. The SMILES string of the molecule is CN(C(=O)OC(C)(C)C)[C@@H]1[C@@H](O)[C@@H](O[C@H]2[C@H](NC(=O)[C@@H](O)CNC(=O)OC(C)(C)C)C[C@H](NC(=O)OC(C)(C)C)C([C@H]3OC(CNC(=O)OCc4ccc([N+](=O)[O-])cc4)=CC[C@H]3NC(=O)OC(C)(C)C)[C@@H]2O)OC[C@]1(C)O. The minimum absolute atomic E-state index is 0.0398. The van der Waals surface area contributed by atoms with Gasteiger partial charge in [-0.2, -0.15) is 0 Å². The molecule has 77 heavy (non-hydrogen) atoms. The first kappa shape index (κ1) is 63.3. The van der Waals surface area contributed by atoms with Crippen molar-refractivity contribution in [2.75, 3.05) is 26.7 Å². The zero-order chi connectivity index (χ0) is 58.2. The average molecular weight is 1100 g/mol. The van der Waals surface area contributed by atoms with E-state index in [4.69, 9.17) is 37.9 Å². The quantitative estimate of drug-likeness (QED) is 0.0692. The molecule has 1 aromatic carbocycles. The second-order valence-corrected chi connectivity index (χ2v) is 23.3. The number of hydrogen-bond donors (Lipinski definition) is 9. The average Bonchev–Trinajstić information content (AvgIpc) is 3.26. The predicted octanol–water partition coefficient (Wildman–Crippen LogP) is 3.12. The summed E-state index contributed by atoms with van der Waals surface area (Å²) in [5.74, 6) is -2.42. The lowest BCUT2D eigenvalue weighted by Crippen LogP contribution is -2.71. The Morgan fingerprint density at radius 3 is 1.87 bits per heavy atom. The number of benzene rings is 1. The molecule has 1 saturated heterocycles. The van der Waals surface area contributed by atoms with Crippen LogP contribution in [0.25, 0.3) is 0 Å². The molecular weight excluding hydrogens is 1020 g/mol. The molecule has 1 unspecified atom stereocenters. The van der Waals surface area contributed by atoms with Gasteiger partial charge in [-0.15, -0.1) is 0 Å². The summed E-state index contributed by atoms with van der Waals surface area (Å²) in [6, 6.07) is 0.0472. The van der Waals surface area contributed by atoms with Crippen molar-refractivity contribution in [3.05, 3.63) is 51.8 Å². The van der Waals surface area contributed by atoms with Crippen LogP contribution in [0.15, 0.2) is 36.1 Å². The van der Waals surface area contributed by atoms with Crippen LogP contribution in [0.4, 0.5) is 29.7 Å². The molecule has 1 saturated carbocycles. The van der Waals surface area contributed by atoms with E-state index in [1.165, 1.54) is 38.2 Å². The van der Waals surface area contributed by atoms with E-state index in [9.17, 15) is 59.3 Å². The number of amides is 6. The molecule has 0 radical (unpaired) electrons. The van der Waals surface area contributed by atoms with Crippen LogP contribution in [0.3, 0.4) is 0 Å². The number of nitrogens with one attached hydrogen (secondary N) is 5. The first-order valence-corrected chi connectivity index (χ1v) is 25.1. The third kappa shape index (κ3) is 19.6. The Labute approximate surface area is 447 Å². The number of likely N-dealkylation sites (N-methyl/N-ethyl adjacent to an activating group) is 1. The molecule has 0 spiro atoms. The lowest BCUT2D eigenvalue weighted by atomic mass is 9.72. The molecule has 9 N–H and O–H groups in total. The van der Waals surface area contributed by atoms with E-state index in [2.05, 4.69) is 26.6 Å². The summed E-state index contributed by atoms with van der Waals surface area (Å²) in [5, 5.41) is 71.7. The number of aliphatic hydroxyl groups is 4. The number of ether oxygens (including phenoxy) is 8. The van der Waals surface area contributed by atoms with E-state index in [-0.39, 0.29) is 37.4 Å². The highest BCUT2D eigenvalue weighted by Gasteiger charge is 2.57. The van der Waals surface area contributed by atoms with Gasteiger partial charge in [0.1, 0.15) is 64.8 Å². The van der Waals surface area contributed by atoms with Crippen molar-refractivity contribution in [3.63, 3.8) is 0 Å². The van der Waals surface area contributed by atoms with Crippen molar-refractivity contribution in [3.8, 4) is 0 Å². The number of nitro groups is 1. The molecule has 2 fully saturated rings. The topological polar surface area (TPSA) is 364 Å². The van der Waals surface area contributed by atoms with Gasteiger partial charge in [0.15, 0.2) is 6.29 Å². The smallest absolute Gasteiger partial charge is 0.410 e. The van der Waals surface area contributed by atoms with Crippen LogP contribution in [0.1, 0.15) is 108 Å². The van der Waals surface area contributed by atoms with Crippen LogP contribution >= 0.6 is 0 Å². The first-order valence-electron chi connectivity index (χ1n) is 25.1. The number of non-ortho nitro benzene ring substituents is 1. The number of nitrogens with zero attached hydrogens (tertiary/aromatic N) is 2. The normalized spacial score (nSPS) is 27.2. The van der Waals surface area contributed by atoms with Crippen LogP contribution in [0.5, 0.6) is 0 Å². The lowest BCUT2D eigenvalue weighted by Gasteiger charge is -2.52. The molecule has 3 aliphatic rings. The van der Waals surface area contributed by atoms with E-state index in [1.807, 2.05) is 0 Å². The van der Waals surface area contributed by atoms with Gasteiger partial charge in [0, 0.05) is 31.1 Å². The molecule has 12 atom stereocenters. The minimum Gasteiger partial charge on any atom is -0.491 e. The number of carbonyl (C=O) groups excluding carboxylic acids is 6. The molecule has 434 valence electrons. The summed E-state index contributed by atoms with van der Waals surface area (Å²) < 4.78 is 46.2. The van der Waals surface area contributed by atoms with Gasteiger partial charge in [0.2, 0.25) is 0 Å². The Morgan fingerprint density at radius 2 is 1.32 bits per heavy atom. The maximum Gasteiger partial charge on any atom is 0.410 e. The predicted molar refractivity (Wildman–Crippen MR) is 270 cm³/mol. The van der Waals surface area contributed by atoms with E-state index >= 15 is 0 Å². The number of aliphatic hydroxyl groups excluding tert-OH is 3. The summed E-state index contributed by atoms with van der Waals surface area (Å²) in [6.45, 7) is 18.9. The molecular formula is C50H79N7O20. The summed E-state index contributed by atoms with van der Waals surface area (Å²) in [6.07, 6.45) is -14.2. The van der Waals surface area contributed by atoms with Gasteiger partial charge in [-0.3, -0.25) is 14.9 Å². The number of hydrogen-bond acceptors (Lipinski definition) is 20. The Morgan fingerprint density at radius 1 is 0.779 bits per heavy atom. The maximum atomic E-state index is 13.9. The first-order chi connectivity index (χ1) is 35.3. The van der Waals surface area contributed by atoms with Crippen molar-refractivity contribution >= 4 is 42.1 Å². The van der Waals surface area contributed by atoms with Crippen molar-refractivity contribution in [2.45, 2.75) is 198 Å². The molecule has 6 amide bonds. The molecule has 2 aliphatic heterocycles. The molecule has 1 aliphatic carbocycles. The van der Waals surface area contributed by atoms with Gasteiger partial charge in [0.05, 0.1) is 48.8 Å². The van der Waals surface area contributed by atoms with Gasteiger partial charge >= 0.3 is 30.5 Å². The summed E-state index contributed by atoms with van der Waals surface area (Å²) in [4.78, 5) is 91.6. The largest absolute Gasteiger partial charge is 0.491 e. The number of carbonyl (C=O) groups is 6. The van der Waals surface area contributed by atoms with Gasteiger partial charge < -0.3 is 89.8 Å². The standard InChI is InChI=1S/C50H79N7O20/c1-46(2,3)74-42(63)52-23-32(58)39(61)53-31-21-30(55-44(65)76-48(7,8)9)33(34(59)37(31)73-40-35(60)38(50(13,67)25-71-40)56(14)45(66)77-49(10,11)12)36-29(54-43(64)75-47(4,5)6)20-19-28(72-36)22-51-41(62)70-24-26-15-17-27(18-16-26)57(68)69/h15-19,29-38,40,58-60,67H,20-25H2,1-14H3,(H,51,62)(H,52,63)(H,53,61)(H,54,64)(H,55,65)/t29-,30+,31-,32+,33?,34+,35-,36+,37+,38-,40-,50+/m1/s1. The van der Waals surface area contributed by atoms with Gasteiger partial charge in [0.25, 0.3) is 11.6 Å². The highest BCUT2D eigenvalue weighted by Crippen LogP contribution is 2.39. The zero-order valence-corrected chi connectivity index (χ0v) is 46.2. The highest BCUT2D eigenvalue weighted by molar-refractivity contribution is 5.82. The van der Waals surface area contributed by atoms with Crippen LogP contribution in [0.2, 0.25) is 0 Å². The van der Waals surface area contributed by atoms with Crippen molar-refractivity contribution < 1.29 is 92.0 Å². The Kier molecular flexibility index (Phi) is 20.9. The van der Waals surface area contributed by atoms with Crippen molar-refractivity contribution in [2.24, 2.45) is 5.92 Å². The Bertz CT molecular complexity index is 2270. The van der Waals surface area contributed by atoms with Crippen LogP contribution < -0.4 is 26.6 Å². The summed E-state index contributed by atoms with van der Waals surface area (Å²) in [7, 11) is 1.28. The molecule has 1 aromatic rings. The minimum atomic E-state index is -1.95. The van der Waals surface area contributed by atoms with E-state index in [1.54, 1.807) is 89.2 Å². The molecule has 0 aromatic heterocycles. The fraction of sp³-hybridized carbons (Fsp3) is 0.720. The number of rotatable bonds is 15. The van der Waals surface area contributed by atoms with Gasteiger partial charge in [-0.1, -0.05) is 0 Å². The maximum absolute atomic E-state index is 13.9. The van der Waals surface area contributed by atoms with E-state index in [0.717, 1.165) is 4.90 Å². The second-order valence-electron chi connectivity index (χ2n) is 23.3. The third-order valence-electron chi connectivity index (χ3n) is 11.7. The molecule has 4 rings (SSSR count).